The molecule has 32 heavy (non-hydrogen) atoms. The minimum absolute atomic E-state index is 0.0531. The summed E-state index contributed by atoms with van der Waals surface area (Å²) < 4.78 is 72.2. The molecule has 0 saturated carbocycles. The molecule has 1 aliphatic heterocycles. The van der Waals surface area contributed by atoms with Crippen molar-refractivity contribution in [2.75, 3.05) is 10.5 Å². The third kappa shape index (κ3) is 4.39. The first-order valence-electron chi connectivity index (χ1n) is 9.71. The molecule has 1 aromatic heterocycles. The van der Waals surface area contributed by atoms with Crippen LogP contribution in [-0.2, 0) is 20.0 Å². The zero-order chi connectivity index (χ0) is 22.9. The first-order valence-corrected chi connectivity index (χ1v) is 12.8. The number of sulfonamides is 2. The van der Waals surface area contributed by atoms with Crippen molar-refractivity contribution >= 4 is 31.4 Å². The molecule has 2 aromatic carbocycles. The Hall–Kier alpha value is -3.18. The second-order valence-corrected chi connectivity index (χ2v) is 10.9. The van der Waals surface area contributed by atoms with Crippen LogP contribution in [0, 0.1) is 5.82 Å². The average Bonchev–Trinajstić information content (AvgIpc) is 3.45. The number of halogens is 1. The number of benzene rings is 2. The molecule has 168 valence electrons. The van der Waals surface area contributed by atoms with Gasteiger partial charge in [0.15, 0.2) is 0 Å². The molecule has 0 bridgehead atoms. The predicted molar refractivity (Wildman–Crippen MR) is 118 cm³/mol. The van der Waals surface area contributed by atoms with Crippen LogP contribution in [0.5, 0.6) is 0 Å². The van der Waals surface area contributed by atoms with Gasteiger partial charge in [-0.3, -0.25) is 4.72 Å². The number of furan rings is 1. The van der Waals surface area contributed by atoms with E-state index < -0.39 is 31.9 Å². The van der Waals surface area contributed by atoms with Crippen molar-refractivity contribution in [3.05, 3.63) is 84.1 Å². The van der Waals surface area contributed by atoms with Crippen molar-refractivity contribution in [1.82, 2.24) is 4.41 Å². The van der Waals surface area contributed by atoms with Crippen LogP contribution in [0.25, 0.3) is 0 Å². The molecule has 11 heteroatoms. The Labute approximate surface area is 185 Å². The molecule has 4 rings (SSSR count). The molecule has 3 aromatic rings. The summed E-state index contributed by atoms with van der Waals surface area (Å²) in [5, 5.41) is 4.36. The topological polar surface area (TPSA) is 109 Å². The highest BCUT2D eigenvalue weighted by molar-refractivity contribution is 7.92. The minimum atomic E-state index is -4.08. The molecule has 0 unspecified atom stereocenters. The number of hydrazone groups is 1. The summed E-state index contributed by atoms with van der Waals surface area (Å²) in [4.78, 5) is -0.0928. The lowest BCUT2D eigenvalue weighted by atomic mass is 10.0. The van der Waals surface area contributed by atoms with Crippen LogP contribution < -0.4 is 4.72 Å². The van der Waals surface area contributed by atoms with E-state index in [4.69, 9.17) is 4.42 Å². The summed E-state index contributed by atoms with van der Waals surface area (Å²) >= 11 is 0. The normalized spacial score (nSPS) is 16.8. The lowest BCUT2D eigenvalue weighted by Crippen LogP contribution is -2.27. The molecule has 0 radical (unpaired) electrons. The highest BCUT2D eigenvalue weighted by Gasteiger charge is 2.39. The molecule has 2 heterocycles. The van der Waals surface area contributed by atoms with Gasteiger partial charge in [-0.2, -0.15) is 17.9 Å². The molecule has 1 atom stereocenters. The third-order valence-electron chi connectivity index (χ3n) is 4.97. The Morgan fingerprint density at radius 2 is 1.75 bits per heavy atom. The first-order chi connectivity index (χ1) is 15.2. The molecule has 0 amide bonds. The van der Waals surface area contributed by atoms with Gasteiger partial charge in [-0.25, -0.2) is 12.8 Å². The Morgan fingerprint density at radius 3 is 2.34 bits per heavy atom. The number of nitrogens with zero attached hydrogens (tertiary/aromatic N) is 2. The Morgan fingerprint density at radius 1 is 1.06 bits per heavy atom. The maximum absolute atomic E-state index is 13.3. The van der Waals surface area contributed by atoms with Gasteiger partial charge in [0, 0.05) is 12.1 Å². The van der Waals surface area contributed by atoms with Crippen molar-refractivity contribution in [2.24, 2.45) is 5.10 Å². The molecule has 0 saturated heterocycles. The highest BCUT2D eigenvalue weighted by atomic mass is 32.2. The number of nitrogens with one attached hydrogen (secondary N) is 1. The second-order valence-electron chi connectivity index (χ2n) is 7.10. The summed E-state index contributed by atoms with van der Waals surface area (Å²) in [6, 6.07) is 13.6. The molecule has 0 aliphatic carbocycles. The lowest BCUT2D eigenvalue weighted by molar-refractivity contribution is 0.320. The number of hydrogen-bond donors (Lipinski definition) is 1. The number of anilines is 1. The van der Waals surface area contributed by atoms with Crippen molar-refractivity contribution in [3.63, 3.8) is 0 Å². The summed E-state index contributed by atoms with van der Waals surface area (Å²) in [5.74, 6) is -0.180. The van der Waals surface area contributed by atoms with Crippen LogP contribution in [0.15, 0.2) is 81.3 Å². The van der Waals surface area contributed by atoms with Crippen molar-refractivity contribution in [3.8, 4) is 0 Å². The smallest absolute Gasteiger partial charge is 0.279 e. The van der Waals surface area contributed by atoms with Gasteiger partial charge in [-0.15, -0.1) is 0 Å². The fourth-order valence-corrected chi connectivity index (χ4v) is 5.33. The quantitative estimate of drug-likeness (QED) is 0.558. The highest BCUT2D eigenvalue weighted by Crippen LogP contribution is 2.37. The van der Waals surface area contributed by atoms with Gasteiger partial charge in [0.1, 0.15) is 17.6 Å². The Balaban J connectivity index is 1.69. The maximum atomic E-state index is 13.3. The minimum Gasteiger partial charge on any atom is -0.467 e. The van der Waals surface area contributed by atoms with Crippen LogP contribution in [0.2, 0.25) is 0 Å². The van der Waals surface area contributed by atoms with E-state index in [2.05, 4.69) is 9.82 Å². The molecule has 1 aliphatic rings. The van der Waals surface area contributed by atoms with E-state index in [-0.39, 0.29) is 17.1 Å². The van der Waals surface area contributed by atoms with Crippen LogP contribution >= 0.6 is 0 Å². The summed E-state index contributed by atoms with van der Waals surface area (Å²) in [7, 11) is -7.49. The van der Waals surface area contributed by atoms with Crippen LogP contribution in [-0.4, -0.2) is 32.7 Å². The van der Waals surface area contributed by atoms with E-state index in [1.165, 1.54) is 25.3 Å². The predicted octanol–water partition coefficient (Wildman–Crippen LogP) is 3.72. The van der Waals surface area contributed by atoms with E-state index >= 15 is 0 Å². The molecule has 0 fully saturated rings. The molecular formula is C21H20FN3O5S2. The van der Waals surface area contributed by atoms with E-state index in [1.807, 2.05) is 0 Å². The van der Waals surface area contributed by atoms with E-state index in [1.54, 1.807) is 36.4 Å². The van der Waals surface area contributed by atoms with Crippen LogP contribution in [0.4, 0.5) is 10.1 Å². The van der Waals surface area contributed by atoms with Crippen LogP contribution in [0.1, 0.15) is 30.7 Å². The summed E-state index contributed by atoms with van der Waals surface area (Å²) in [6.45, 7) is 1.54. The number of rotatable bonds is 7. The fourth-order valence-electron chi connectivity index (χ4n) is 3.27. The fraction of sp³-hybridized carbons (Fsp3) is 0.190. The second kappa shape index (κ2) is 8.40. The third-order valence-corrected chi connectivity index (χ3v) is 7.98. The van der Waals surface area contributed by atoms with Gasteiger partial charge in [-0.1, -0.05) is 12.1 Å². The van der Waals surface area contributed by atoms with Crippen molar-refractivity contribution in [1.29, 1.82) is 0 Å². The van der Waals surface area contributed by atoms with Gasteiger partial charge in [0.25, 0.3) is 10.0 Å². The molecule has 1 N–H and O–H groups in total. The average molecular weight is 478 g/mol. The summed E-state index contributed by atoms with van der Waals surface area (Å²) in [5.41, 5.74) is 1.52. The van der Waals surface area contributed by atoms with Gasteiger partial charge in [0.05, 0.1) is 22.6 Å². The van der Waals surface area contributed by atoms with E-state index in [9.17, 15) is 21.2 Å². The zero-order valence-corrected chi connectivity index (χ0v) is 18.6. The summed E-state index contributed by atoms with van der Waals surface area (Å²) in [6.07, 6.45) is 1.69. The van der Waals surface area contributed by atoms with Gasteiger partial charge < -0.3 is 4.42 Å². The molecule has 8 nitrogen and oxygen atoms in total. The Bertz CT molecular complexity index is 1340. The number of hydrogen-bond acceptors (Lipinski definition) is 6. The van der Waals surface area contributed by atoms with Gasteiger partial charge >= 0.3 is 0 Å². The zero-order valence-electron chi connectivity index (χ0n) is 17.0. The monoisotopic (exact) mass is 477 g/mol. The Kier molecular flexibility index (Phi) is 5.78. The maximum Gasteiger partial charge on any atom is 0.279 e. The lowest BCUT2D eigenvalue weighted by Gasteiger charge is -2.21. The van der Waals surface area contributed by atoms with Gasteiger partial charge in [0.2, 0.25) is 10.0 Å². The van der Waals surface area contributed by atoms with Crippen LogP contribution in [0.3, 0.4) is 0 Å². The van der Waals surface area contributed by atoms with E-state index in [0.717, 1.165) is 16.5 Å². The van der Waals surface area contributed by atoms with Gasteiger partial charge in [-0.05, 0) is 61.0 Å². The molecular weight excluding hydrogens is 457 g/mol. The first kappa shape index (κ1) is 22.0. The van der Waals surface area contributed by atoms with Crippen molar-refractivity contribution < 1.29 is 25.6 Å². The molecule has 0 spiro atoms. The standard InChI is InChI=1S/C21H20FN3O5S2/c1-2-31(26,27)24-17-9-5-15(6-10-17)19-14-20(21-4-3-13-30-21)25(23-19)32(28,29)18-11-7-16(22)8-12-18/h3-13,20,24H,2,14H2,1H3/t20-/m0/s1. The SMILES string of the molecule is CCS(=O)(=O)Nc1ccc(C2=NN(S(=O)(=O)c3ccc(F)cc3)[C@H](c3ccco3)C2)cc1. The van der Waals surface area contributed by atoms with Crippen molar-refractivity contribution in [2.45, 2.75) is 24.3 Å². The largest absolute Gasteiger partial charge is 0.467 e. The van der Waals surface area contributed by atoms with E-state index in [0.29, 0.717) is 22.7 Å².